The van der Waals surface area contributed by atoms with Crippen molar-refractivity contribution in [1.29, 1.82) is 0 Å². The quantitative estimate of drug-likeness (QED) is 0.713. The zero-order valence-corrected chi connectivity index (χ0v) is 17.5. The predicted octanol–water partition coefficient (Wildman–Crippen LogP) is 2.31. The molecule has 2 unspecified atom stereocenters. The Balaban J connectivity index is 6.19. The van der Waals surface area contributed by atoms with E-state index in [1.54, 1.807) is 93.4 Å². The molecule has 0 rings (SSSR count). The van der Waals surface area contributed by atoms with Gasteiger partial charge in [0.25, 0.3) is 0 Å². The van der Waals surface area contributed by atoms with E-state index in [9.17, 15) is 9.59 Å². The molecule has 0 aliphatic rings. The molecular weight excluding hydrogens is 308 g/mol. The van der Waals surface area contributed by atoms with Gasteiger partial charge in [0, 0.05) is 0 Å². The fourth-order valence-corrected chi connectivity index (χ4v) is 2.39. The van der Waals surface area contributed by atoms with E-state index in [0.29, 0.717) is 0 Å². The molecule has 6 heteroatoms. The van der Waals surface area contributed by atoms with E-state index in [0.717, 1.165) is 0 Å². The van der Waals surface area contributed by atoms with E-state index >= 15 is 0 Å². The second kappa shape index (κ2) is 7.00. The summed E-state index contributed by atoms with van der Waals surface area (Å²) < 4.78 is 11.3. The van der Waals surface area contributed by atoms with Crippen LogP contribution < -0.4 is 0 Å². The van der Waals surface area contributed by atoms with Crippen LogP contribution in [0.3, 0.4) is 0 Å². The molecule has 0 amide bonds. The van der Waals surface area contributed by atoms with Crippen molar-refractivity contribution in [3.05, 3.63) is 0 Å². The number of hydrogen-bond donors (Lipinski definition) is 0. The van der Waals surface area contributed by atoms with E-state index in [1.807, 2.05) is 0 Å². The van der Waals surface area contributed by atoms with E-state index in [1.165, 1.54) is 0 Å². The average Bonchev–Trinajstić information content (AvgIpc) is 2.31. The van der Waals surface area contributed by atoms with Gasteiger partial charge in [0.2, 0.25) is 0 Å². The highest BCUT2D eigenvalue weighted by Crippen LogP contribution is 2.36. The highest BCUT2D eigenvalue weighted by molar-refractivity contribution is 5.94. The van der Waals surface area contributed by atoms with Crippen molar-refractivity contribution in [2.24, 2.45) is 0 Å². The third-order valence-electron chi connectivity index (χ3n) is 4.33. The minimum Gasteiger partial charge on any atom is -0.459 e. The standard InChI is InChI=1S/C18H36N2O4/c1-15(2,3)23-13(21)17(7,19(9)10)18(8,20(11)12)14(22)24-16(4,5)6/h1-12H3. The van der Waals surface area contributed by atoms with Crippen molar-refractivity contribution >= 4 is 11.9 Å². The van der Waals surface area contributed by atoms with Crippen LogP contribution in [0.1, 0.15) is 55.4 Å². The number of carbonyl (C=O) groups is 2. The largest absolute Gasteiger partial charge is 0.459 e. The lowest BCUT2D eigenvalue weighted by molar-refractivity contribution is -0.193. The monoisotopic (exact) mass is 344 g/mol. The first-order valence-corrected chi connectivity index (χ1v) is 8.21. The zero-order valence-electron chi connectivity index (χ0n) is 17.5. The maximum Gasteiger partial charge on any atom is 0.329 e. The lowest BCUT2D eigenvalue weighted by Crippen LogP contribution is -2.73. The summed E-state index contributed by atoms with van der Waals surface area (Å²) >= 11 is 0. The number of rotatable bonds is 5. The fraction of sp³-hybridized carbons (Fsp3) is 0.889. The van der Waals surface area contributed by atoms with Crippen molar-refractivity contribution < 1.29 is 19.1 Å². The summed E-state index contributed by atoms with van der Waals surface area (Å²) in [6.07, 6.45) is 0. The molecule has 0 heterocycles. The molecule has 0 N–H and O–H groups in total. The van der Waals surface area contributed by atoms with Crippen LogP contribution in [-0.2, 0) is 19.1 Å². The summed E-state index contributed by atoms with van der Waals surface area (Å²) in [5, 5.41) is 0. The molecule has 0 aliphatic carbocycles. The zero-order chi connectivity index (χ0) is 19.7. The van der Waals surface area contributed by atoms with Gasteiger partial charge in [-0.3, -0.25) is 9.80 Å². The molecule has 0 spiro atoms. The molecule has 24 heavy (non-hydrogen) atoms. The third-order valence-corrected chi connectivity index (χ3v) is 4.33. The van der Waals surface area contributed by atoms with Crippen molar-refractivity contribution in [3.63, 3.8) is 0 Å². The Morgan fingerprint density at radius 2 is 0.792 bits per heavy atom. The van der Waals surface area contributed by atoms with Gasteiger partial charge in [0.15, 0.2) is 0 Å². The Morgan fingerprint density at radius 3 is 0.917 bits per heavy atom. The number of esters is 2. The predicted molar refractivity (Wildman–Crippen MR) is 95.9 cm³/mol. The highest BCUT2D eigenvalue weighted by Gasteiger charge is 2.61. The van der Waals surface area contributed by atoms with Crippen LogP contribution in [0, 0.1) is 0 Å². The Bertz CT molecular complexity index is 430. The number of likely N-dealkylation sites (N-methyl/N-ethyl adjacent to an activating group) is 2. The van der Waals surface area contributed by atoms with Crippen LogP contribution in [-0.4, -0.2) is 72.2 Å². The summed E-state index contributed by atoms with van der Waals surface area (Å²) in [4.78, 5) is 29.5. The van der Waals surface area contributed by atoms with Gasteiger partial charge < -0.3 is 9.47 Å². The molecule has 2 atom stereocenters. The van der Waals surface area contributed by atoms with Crippen LogP contribution in [0.4, 0.5) is 0 Å². The minimum atomic E-state index is -1.24. The molecule has 0 aromatic carbocycles. The number of nitrogens with zero attached hydrogens (tertiary/aromatic N) is 2. The second-order valence-corrected chi connectivity index (χ2v) is 8.94. The first-order chi connectivity index (χ1) is 10.4. The Morgan fingerprint density at radius 1 is 0.583 bits per heavy atom. The smallest absolute Gasteiger partial charge is 0.329 e. The second-order valence-electron chi connectivity index (χ2n) is 8.94. The summed E-state index contributed by atoms with van der Waals surface area (Å²) in [6.45, 7) is 14.3. The van der Waals surface area contributed by atoms with Gasteiger partial charge in [0.05, 0.1) is 0 Å². The van der Waals surface area contributed by atoms with Crippen LogP contribution in [0.2, 0.25) is 0 Å². The average molecular weight is 344 g/mol. The molecule has 0 aromatic rings. The van der Waals surface area contributed by atoms with E-state index in [-0.39, 0.29) is 0 Å². The maximum absolute atomic E-state index is 13.0. The summed E-state index contributed by atoms with van der Waals surface area (Å²) in [6, 6.07) is 0. The van der Waals surface area contributed by atoms with Gasteiger partial charge in [0.1, 0.15) is 22.3 Å². The lowest BCUT2D eigenvalue weighted by atomic mass is 9.76. The molecule has 0 fully saturated rings. The molecule has 0 aromatic heterocycles. The Kier molecular flexibility index (Phi) is 6.67. The van der Waals surface area contributed by atoms with Crippen molar-refractivity contribution in [2.45, 2.75) is 77.7 Å². The molecule has 0 bridgehead atoms. The van der Waals surface area contributed by atoms with Crippen molar-refractivity contribution in [3.8, 4) is 0 Å². The van der Waals surface area contributed by atoms with E-state index < -0.39 is 34.2 Å². The highest BCUT2D eigenvalue weighted by atomic mass is 16.6. The number of hydrogen-bond acceptors (Lipinski definition) is 6. The molecule has 0 saturated carbocycles. The Hall–Kier alpha value is -1.14. The molecule has 0 saturated heterocycles. The molecule has 0 radical (unpaired) electrons. The van der Waals surface area contributed by atoms with Crippen LogP contribution in [0.25, 0.3) is 0 Å². The summed E-state index contributed by atoms with van der Waals surface area (Å²) in [5.41, 5.74) is -3.80. The summed E-state index contributed by atoms with van der Waals surface area (Å²) in [7, 11) is 7.04. The first kappa shape index (κ1) is 22.9. The summed E-state index contributed by atoms with van der Waals surface area (Å²) in [5.74, 6) is -0.941. The van der Waals surface area contributed by atoms with Crippen LogP contribution >= 0.6 is 0 Å². The molecule has 0 aliphatic heterocycles. The van der Waals surface area contributed by atoms with Crippen LogP contribution in [0.15, 0.2) is 0 Å². The molecule has 6 nitrogen and oxygen atoms in total. The van der Waals surface area contributed by atoms with Gasteiger partial charge in [-0.2, -0.15) is 0 Å². The normalized spacial score (nSPS) is 18.1. The lowest BCUT2D eigenvalue weighted by Gasteiger charge is -2.50. The topological polar surface area (TPSA) is 59.1 Å². The van der Waals surface area contributed by atoms with Crippen LogP contribution in [0.5, 0.6) is 0 Å². The SMILES string of the molecule is CN(C)C(C)(C(=O)OC(C)(C)C)C(C)(C(=O)OC(C)(C)C)N(C)C. The van der Waals surface area contributed by atoms with Crippen molar-refractivity contribution in [1.82, 2.24) is 9.80 Å². The van der Waals surface area contributed by atoms with E-state index in [2.05, 4.69) is 0 Å². The maximum atomic E-state index is 13.0. The number of ether oxygens (including phenoxy) is 2. The van der Waals surface area contributed by atoms with Gasteiger partial charge in [-0.15, -0.1) is 0 Å². The third kappa shape index (κ3) is 4.70. The van der Waals surface area contributed by atoms with Crippen molar-refractivity contribution in [2.75, 3.05) is 28.2 Å². The van der Waals surface area contributed by atoms with E-state index in [4.69, 9.17) is 9.47 Å². The minimum absolute atomic E-state index is 0.470. The first-order valence-electron chi connectivity index (χ1n) is 8.21. The van der Waals surface area contributed by atoms with Gasteiger partial charge in [-0.05, 0) is 83.6 Å². The Labute approximate surface area is 147 Å². The van der Waals surface area contributed by atoms with Gasteiger partial charge in [-0.25, -0.2) is 9.59 Å². The molecule has 142 valence electrons. The fourth-order valence-electron chi connectivity index (χ4n) is 2.39. The van der Waals surface area contributed by atoms with Gasteiger partial charge in [-0.1, -0.05) is 0 Å². The molecular formula is C18H36N2O4. The van der Waals surface area contributed by atoms with Gasteiger partial charge >= 0.3 is 11.9 Å². The number of carbonyl (C=O) groups excluding carboxylic acids is 2.